The van der Waals surface area contributed by atoms with Crippen molar-refractivity contribution in [2.45, 2.75) is 32.1 Å². The highest BCUT2D eigenvalue weighted by Gasteiger charge is 2.14. The Kier molecular flexibility index (Phi) is 33.6. The molecule has 0 aliphatic carbocycles. The summed E-state index contributed by atoms with van der Waals surface area (Å²) in [6.07, 6.45) is 3.08. The number of aryl methyl sites for hydroxylation is 1. The first kappa shape index (κ1) is 48.2. The molecule has 15 nitrogen and oxygen atoms in total. The fourth-order valence-corrected chi connectivity index (χ4v) is 4.65. The molecule has 0 fully saturated rings. The van der Waals surface area contributed by atoms with Crippen LogP contribution in [0.15, 0.2) is 40.9 Å². The van der Waals surface area contributed by atoms with Crippen molar-refractivity contribution in [2.24, 2.45) is 0 Å². The fraction of sp³-hybridized carbons (Fsp3) is 0.778. The van der Waals surface area contributed by atoms with Crippen molar-refractivity contribution in [3.63, 3.8) is 0 Å². The van der Waals surface area contributed by atoms with Crippen LogP contribution in [0.4, 0.5) is 0 Å². The second kappa shape index (κ2) is 36.2. The normalized spacial score (nSPS) is 12.2. The highest BCUT2D eigenvalue weighted by atomic mass is 32.2. The van der Waals surface area contributed by atoms with E-state index in [9.17, 15) is 8.42 Å². The van der Waals surface area contributed by atoms with Gasteiger partial charge in [-0.25, -0.2) is 0 Å². The number of benzene rings is 1. The number of ether oxygens (including phenoxy) is 11. The highest BCUT2D eigenvalue weighted by Crippen LogP contribution is 2.12. The van der Waals surface area contributed by atoms with E-state index in [-0.39, 0.29) is 18.1 Å². The third kappa shape index (κ3) is 31.7. The minimum Gasteiger partial charge on any atom is -0.389 e. The summed E-state index contributed by atoms with van der Waals surface area (Å²) >= 11 is 0. The smallest absolute Gasteiger partial charge is 0.297 e. The topological polar surface area (TPSA) is 157 Å². The van der Waals surface area contributed by atoms with Crippen LogP contribution in [0.25, 0.3) is 0 Å². The third-order valence-corrected chi connectivity index (χ3v) is 8.12. The van der Waals surface area contributed by atoms with Crippen LogP contribution in [-0.2, 0) is 66.4 Å². The van der Waals surface area contributed by atoms with Crippen molar-refractivity contribution in [1.82, 2.24) is 5.32 Å². The monoisotopic (exact) mass is 767 g/mol. The minimum atomic E-state index is -3.78. The predicted molar refractivity (Wildman–Crippen MR) is 195 cm³/mol. The van der Waals surface area contributed by atoms with Gasteiger partial charge in [-0.15, -0.1) is 0 Å². The van der Waals surface area contributed by atoms with Gasteiger partial charge in [-0.05, 0) is 38.6 Å². The second-order valence-corrected chi connectivity index (χ2v) is 12.7. The Hall–Kier alpha value is -1.77. The quantitative estimate of drug-likeness (QED) is 0.0768. The molecule has 0 aliphatic heterocycles. The number of hydrogen-bond acceptors (Lipinski definition) is 15. The summed E-state index contributed by atoms with van der Waals surface area (Å²) in [6.45, 7) is 17.2. The zero-order chi connectivity index (χ0) is 37.6. The average molecular weight is 768 g/mol. The summed E-state index contributed by atoms with van der Waals surface area (Å²) in [5.41, 5.74) is 2.30. The Balaban J connectivity index is 1.67. The predicted octanol–water partition coefficient (Wildman–Crippen LogP) is 2.79. The lowest BCUT2D eigenvalue weighted by Crippen LogP contribution is -2.17. The van der Waals surface area contributed by atoms with Gasteiger partial charge < -0.3 is 57.4 Å². The lowest BCUT2D eigenvalue weighted by Gasteiger charge is -2.09. The molecule has 0 aromatic heterocycles. The van der Waals surface area contributed by atoms with E-state index in [1.165, 1.54) is 17.7 Å². The molecular weight excluding hydrogens is 702 g/mol. The van der Waals surface area contributed by atoms with Crippen molar-refractivity contribution < 1.29 is 64.7 Å². The maximum atomic E-state index is 12.1. The van der Waals surface area contributed by atoms with Gasteiger partial charge in [-0.2, -0.15) is 8.42 Å². The second-order valence-electron chi connectivity index (χ2n) is 11.1. The van der Waals surface area contributed by atoms with Crippen molar-refractivity contribution in [2.75, 3.05) is 159 Å². The van der Waals surface area contributed by atoms with E-state index in [0.29, 0.717) is 139 Å². The SMILES string of the molecule is CC/C(C)=C/NCCOCCOCCOCCOCCOCCOCCOCCOCCOCCOCCOCCOS(=O)(=O)c1ccc(C)cc1. The highest BCUT2D eigenvalue weighted by molar-refractivity contribution is 7.86. The molecule has 1 N–H and O–H groups in total. The van der Waals surface area contributed by atoms with Gasteiger partial charge in [-0.3, -0.25) is 4.18 Å². The van der Waals surface area contributed by atoms with E-state index in [0.717, 1.165) is 18.5 Å². The molecule has 16 heteroatoms. The molecule has 0 amide bonds. The van der Waals surface area contributed by atoms with Crippen LogP contribution in [-0.4, -0.2) is 167 Å². The van der Waals surface area contributed by atoms with Crippen molar-refractivity contribution in [1.29, 1.82) is 0 Å². The molecular formula is C36H65NO14S. The molecule has 0 bridgehead atoms. The Morgan fingerprint density at radius 1 is 0.500 bits per heavy atom. The number of rotatable bonds is 40. The molecule has 0 atom stereocenters. The summed E-state index contributed by atoms with van der Waals surface area (Å²) in [7, 11) is -3.78. The molecule has 1 aromatic rings. The Morgan fingerprint density at radius 3 is 1.10 bits per heavy atom. The zero-order valence-electron chi connectivity index (χ0n) is 31.7. The van der Waals surface area contributed by atoms with Gasteiger partial charge in [0.2, 0.25) is 0 Å². The summed E-state index contributed by atoms with van der Waals surface area (Å²) in [4.78, 5) is 0.128. The lowest BCUT2D eigenvalue weighted by molar-refractivity contribution is -0.0276. The largest absolute Gasteiger partial charge is 0.389 e. The molecule has 304 valence electrons. The van der Waals surface area contributed by atoms with Gasteiger partial charge >= 0.3 is 0 Å². The van der Waals surface area contributed by atoms with E-state index in [1.807, 2.05) is 13.1 Å². The number of hydrogen-bond donors (Lipinski definition) is 1. The van der Waals surface area contributed by atoms with Crippen LogP contribution in [0.2, 0.25) is 0 Å². The summed E-state index contributed by atoms with van der Waals surface area (Å²) in [5.74, 6) is 0. The minimum absolute atomic E-state index is 0.0602. The summed E-state index contributed by atoms with van der Waals surface area (Å²) < 4.78 is 89.2. The molecule has 0 radical (unpaired) electrons. The Bertz CT molecular complexity index is 1050. The Morgan fingerprint density at radius 2 is 0.788 bits per heavy atom. The van der Waals surface area contributed by atoms with Crippen LogP contribution < -0.4 is 5.32 Å². The summed E-state index contributed by atoms with van der Waals surface area (Å²) in [6, 6.07) is 6.48. The zero-order valence-corrected chi connectivity index (χ0v) is 32.5. The van der Waals surface area contributed by atoms with Gasteiger partial charge in [0.05, 0.1) is 157 Å². The molecule has 0 saturated heterocycles. The maximum absolute atomic E-state index is 12.1. The van der Waals surface area contributed by atoms with Crippen molar-refractivity contribution >= 4 is 10.1 Å². The number of allylic oxidation sites excluding steroid dienone is 1. The fourth-order valence-electron chi connectivity index (χ4n) is 3.76. The van der Waals surface area contributed by atoms with Crippen LogP contribution in [0, 0.1) is 6.92 Å². The van der Waals surface area contributed by atoms with Crippen LogP contribution in [0.1, 0.15) is 25.8 Å². The molecule has 1 rings (SSSR count). The van der Waals surface area contributed by atoms with E-state index in [4.69, 9.17) is 56.3 Å². The van der Waals surface area contributed by atoms with Crippen LogP contribution >= 0.6 is 0 Å². The van der Waals surface area contributed by atoms with E-state index >= 15 is 0 Å². The van der Waals surface area contributed by atoms with E-state index in [1.54, 1.807) is 12.1 Å². The summed E-state index contributed by atoms with van der Waals surface area (Å²) in [5, 5.41) is 3.22. The first-order chi connectivity index (χ1) is 25.5. The first-order valence-electron chi connectivity index (χ1n) is 18.2. The average Bonchev–Trinajstić information content (AvgIpc) is 3.14. The standard InChI is InChI=1S/C36H65NO14S/c1-4-34(2)33-37-9-10-40-11-12-41-13-14-42-15-16-43-17-18-44-19-20-45-21-22-46-23-24-47-25-26-48-27-28-49-29-30-50-31-32-51-52(38,39)36-7-5-35(3)6-8-36/h5-8,33,37H,4,9-32H2,1-3H3/b34-33+. The first-order valence-corrected chi connectivity index (χ1v) is 19.6. The van der Waals surface area contributed by atoms with E-state index < -0.39 is 10.1 Å². The number of nitrogens with one attached hydrogen (secondary N) is 1. The molecule has 52 heavy (non-hydrogen) atoms. The molecule has 1 aromatic carbocycles. The molecule has 0 spiro atoms. The van der Waals surface area contributed by atoms with Crippen LogP contribution in [0.5, 0.6) is 0 Å². The van der Waals surface area contributed by atoms with Gasteiger partial charge in [-0.1, -0.05) is 30.2 Å². The Labute approximate surface area is 311 Å². The van der Waals surface area contributed by atoms with Crippen molar-refractivity contribution in [3.05, 3.63) is 41.6 Å². The van der Waals surface area contributed by atoms with Gasteiger partial charge in [0.15, 0.2) is 0 Å². The van der Waals surface area contributed by atoms with Crippen LogP contribution in [0.3, 0.4) is 0 Å². The third-order valence-electron chi connectivity index (χ3n) is 6.79. The molecule has 0 unspecified atom stereocenters. The van der Waals surface area contributed by atoms with Gasteiger partial charge in [0.1, 0.15) is 0 Å². The van der Waals surface area contributed by atoms with E-state index in [2.05, 4.69) is 19.2 Å². The van der Waals surface area contributed by atoms with Gasteiger partial charge in [0.25, 0.3) is 10.1 Å². The lowest BCUT2D eigenvalue weighted by atomic mass is 10.2. The molecule has 0 saturated carbocycles. The van der Waals surface area contributed by atoms with Crippen molar-refractivity contribution in [3.8, 4) is 0 Å². The molecule has 0 heterocycles. The maximum Gasteiger partial charge on any atom is 0.297 e. The molecule has 0 aliphatic rings. The van der Waals surface area contributed by atoms with Gasteiger partial charge in [0, 0.05) is 6.54 Å².